The molecule has 0 radical (unpaired) electrons. The van der Waals surface area contributed by atoms with Crippen LogP contribution in [0.5, 0.6) is 0 Å². The van der Waals surface area contributed by atoms with Crippen molar-refractivity contribution in [2.45, 2.75) is 44.6 Å². The minimum Gasteiger partial charge on any atom is -0.396 e. The predicted molar refractivity (Wildman–Crippen MR) is 75.7 cm³/mol. The number of nitrogens with one attached hydrogen (secondary N) is 1. The molecule has 0 unspecified atom stereocenters. The van der Waals surface area contributed by atoms with Crippen LogP contribution in [0.25, 0.3) is 0 Å². The SMILES string of the molecule is O=C(Cc1ccc(F)cc1F)N[C@H]1CCCCC[C@@H]1CO. The van der Waals surface area contributed by atoms with Gasteiger partial charge in [0.05, 0.1) is 6.42 Å². The zero-order valence-electron chi connectivity index (χ0n) is 11.9. The fourth-order valence-corrected chi connectivity index (χ4v) is 2.89. The van der Waals surface area contributed by atoms with E-state index in [0.29, 0.717) is 0 Å². The molecule has 1 aromatic carbocycles. The van der Waals surface area contributed by atoms with Crippen LogP contribution in [0, 0.1) is 17.6 Å². The van der Waals surface area contributed by atoms with Crippen molar-refractivity contribution >= 4 is 5.91 Å². The van der Waals surface area contributed by atoms with Crippen LogP contribution in [0.3, 0.4) is 0 Å². The smallest absolute Gasteiger partial charge is 0.224 e. The van der Waals surface area contributed by atoms with Gasteiger partial charge in [-0.05, 0) is 24.5 Å². The van der Waals surface area contributed by atoms with Gasteiger partial charge in [0.25, 0.3) is 0 Å². The molecule has 0 spiro atoms. The molecule has 2 rings (SSSR count). The topological polar surface area (TPSA) is 49.3 Å². The molecule has 0 bridgehead atoms. The van der Waals surface area contributed by atoms with Gasteiger partial charge in [-0.1, -0.05) is 25.3 Å². The Morgan fingerprint density at radius 3 is 2.71 bits per heavy atom. The van der Waals surface area contributed by atoms with Gasteiger partial charge in [0.2, 0.25) is 5.91 Å². The van der Waals surface area contributed by atoms with Crippen molar-refractivity contribution in [3.8, 4) is 0 Å². The van der Waals surface area contributed by atoms with E-state index in [4.69, 9.17) is 0 Å². The van der Waals surface area contributed by atoms with Crippen molar-refractivity contribution in [3.05, 3.63) is 35.4 Å². The molecular weight excluding hydrogens is 276 g/mol. The summed E-state index contributed by atoms with van der Waals surface area (Å²) in [5, 5.41) is 12.3. The van der Waals surface area contributed by atoms with Crippen LogP contribution in [0.4, 0.5) is 8.78 Å². The molecule has 1 amide bonds. The Morgan fingerprint density at radius 2 is 2.00 bits per heavy atom. The maximum atomic E-state index is 13.5. The number of rotatable bonds is 4. The molecule has 0 aromatic heterocycles. The monoisotopic (exact) mass is 297 g/mol. The second kappa shape index (κ2) is 7.50. The largest absolute Gasteiger partial charge is 0.396 e. The lowest BCUT2D eigenvalue weighted by molar-refractivity contribution is -0.121. The number of aliphatic hydroxyl groups excluding tert-OH is 1. The van der Waals surface area contributed by atoms with Crippen molar-refractivity contribution < 1.29 is 18.7 Å². The van der Waals surface area contributed by atoms with Gasteiger partial charge in [-0.15, -0.1) is 0 Å². The van der Waals surface area contributed by atoms with Gasteiger partial charge in [0.15, 0.2) is 0 Å². The van der Waals surface area contributed by atoms with Crippen LogP contribution in [-0.4, -0.2) is 23.7 Å². The van der Waals surface area contributed by atoms with E-state index < -0.39 is 11.6 Å². The van der Waals surface area contributed by atoms with Crippen molar-refractivity contribution in [2.24, 2.45) is 5.92 Å². The van der Waals surface area contributed by atoms with Crippen molar-refractivity contribution in [1.82, 2.24) is 5.32 Å². The summed E-state index contributed by atoms with van der Waals surface area (Å²) in [6.07, 6.45) is 4.81. The maximum Gasteiger partial charge on any atom is 0.224 e. The van der Waals surface area contributed by atoms with E-state index in [9.17, 15) is 18.7 Å². The molecule has 1 saturated carbocycles. The summed E-state index contributed by atoms with van der Waals surface area (Å²) in [5.74, 6) is -1.58. The molecule has 0 aliphatic heterocycles. The lowest BCUT2D eigenvalue weighted by Gasteiger charge is -2.24. The van der Waals surface area contributed by atoms with Crippen LogP contribution in [0.2, 0.25) is 0 Å². The molecule has 1 aliphatic carbocycles. The predicted octanol–water partition coefficient (Wildman–Crippen LogP) is 2.56. The third-order valence-corrected chi connectivity index (χ3v) is 4.11. The van der Waals surface area contributed by atoms with E-state index >= 15 is 0 Å². The molecule has 1 aromatic rings. The molecule has 1 aliphatic rings. The fourth-order valence-electron chi connectivity index (χ4n) is 2.89. The van der Waals surface area contributed by atoms with Gasteiger partial charge in [0, 0.05) is 24.6 Å². The number of halogens is 2. The molecule has 0 saturated heterocycles. The zero-order chi connectivity index (χ0) is 15.2. The summed E-state index contributed by atoms with van der Waals surface area (Å²) in [6.45, 7) is 0.0514. The normalized spacial score (nSPS) is 22.6. The highest BCUT2D eigenvalue weighted by Crippen LogP contribution is 2.23. The molecule has 2 N–H and O–H groups in total. The first-order valence-electron chi connectivity index (χ1n) is 7.44. The third kappa shape index (κ3) is 4.49. The van der Waals surface area contributed by atoms with E-state index in [-0.39, 0.29) is 36.5 Å². The number of amides is 1. The average molecular weight is 297 g/mol. The Morgan fingerprint density at radius 1 is 1.24 bits per heavy atom. The third-order valence-electron chi connectivity index (χ3n) is 4.11. The average Bonchev–Trinajstić information content (AvgIpc) is 2.67. The highest BCUT2D eigenvalue weighted by molar-refractivity contribution is 5.78. The van der Waals surface area contributed by atoms with E-state index in [1.165, 1.54) is 6.07 Å². The van der Waals surface area contributed by atoms with Gasteiger partial charge in [-0.3, -0.25) is 4.79 Å². The van der Waals surface area contributed by atoms with Crippen molar-refractivity contribution in [2.75, 3.05) is 6.61 Å². The van der Waals surface area contributed by atoms with E-state index in [1.54, 1.807) is 0 Å². The molecular formula is C16H21F2NO2. The molecule has 5 heteroatoms. The number of carbonyl (C=O) groups is 1. The lowest BCUT2D eigenvalue weighted by atomic mass is 9.95. The number of hydrogen-bond acceptors (Lipinski definition) is 2. The first kappa shape index (κ1) is 15.9. The number of aliphatic hydroxyl groups is 1. The number of benzene rings is 1. The highest BCUT2D eigenvalue weighted by Gasteiger charge is 2.24. The Hall–Kier alpha value is -1.49. The van der Waals surface area contributed by atoms with Gasteiger partial charge in [-0.2, -0.15) is 0 Å². The zero-order valence-corrected chi connectivity index (χ0v) is 11.9. The van der Waals surface area contributed by atoms with Gasteiger partial charge >= 0.3 is 0 Å². The molecule has 2 atom stereocenters. The minimum atomic E-state index is -0.704. The first-order valence-corrected chi connectivity index (χ1v) is 7.44. The Bertz CT molecular complexity index is 493. The summed E-state index contributed by atoms with van der Waals surface area (Å²) >= 11 is 0. The molecule has 116 valence electrons. The fraction of sp³-hybridized carbons (Fsp3) is 0.562. The van der Waals surface area contributed by atoms with E-state index in [0.717, 1.165) is 44.2 Å². The molecule has 3 nitrogen and oxygen atoms in total. The molecule has 0 heterocycles. The second-order valence-electron chi connectivity index (χ2n) is 5.67. The second-order valence-corrected chi connectivity index (χ2v) is 5.67. The summed E-state index contributed by atoms with van der Waals surface area (Å²) in [6, 6.07) is 3.16. The van der Waals surface area contributed by atoms with Crippen molar-refractivity contribution in [1.29, 1.82) is 0 Å². The minimum absolute atomic E-state index is 0.0514. The highest BCUT2D eigenvalue weighted by atomic mass is 19.1. The Balaban J connectivity index is 1.96. The summed E-state index contributed by atoms with van der Waals surface area (Å²) in [7, 11) is 0. The van der Waals surface area contributed by atoms with Gasteiger partial charge in [0.1, 0.15) is 11.6 Å². The number of carbonyl (C=O) groups excluding carboxylic acids is 1. The van der Waals surface area contributed by atoms with Crippen LogP contribution < -0.4 is 5.32 Å². The van der Waals surface area contributed by atoms with Gasteiger partial charge in [-0.25, -0.2) is 8.78 Å². The summed E-state index contributed by atoms with van der Waals surface area (Å²) < 4.78 is 26.4. The van der Waals surface area contributed by atoms with Crippen LogP contribution >= 0.6 is 0 Å². The summed E-state index contributed by atoms with van der Waals surface area (Å²) in [5.41, 5.74) is 0.183. The van der Waals surface area contributed by atoms with Crippen molar-refractivity contribution in [3.63, 3.8) is 0 Å². The Labute approximate surface area is 123 Å². The maximum absolute atomic E-state index is 13.5. The van der Waals surface area contributed by atoms with Crippen LogP contribution in [0.1, 0.15) is 37.7 Å². The molecule has 1 fully saturated rings. The quantitative estimate of drug-likeness (QED) is 0.839. The van der Waals surface area contributed by atoms with Crippen LogP contribution in [0.15, 0.2) is 18.2 Å². The van der Waals surface area contributed by atoms with E-state index in [2.05, 4.69) is 5.32 Å². The Kier molecular flexibility index (Phi) is 5.67. The van der Waals surface area contributed by atoms with E-state index in [1.807, 2.05) is 0 Å². The van der Waals surface area contributed by atoms with Crippen LogP contribution in [-0.2, 0) is 11.2 Å². The number of hydrogen-bond donors (Lipinski definition) is 2. The standard InChI is InChI=1S/C16H21F2NO2/c17-13-7-6-11(14(18)9-13)8-16(21)19-15-5-3-1-2-4-12(15)10-20/h6-7,9,12,15,20H,1-5,8,10H2,(H,19,21)/t12-,15+/m1/s1. The van der Waals surface area contributed by atoms with Gasteiger partial charge < -0.3 is 10.4 Å². The molecule has 21 heavy (non-hydrogen) atoms. The summed E-state index contributed by atoms with van der Waals surface area (Å²) in [4.78, 5) is 12.0. The first-order chi connectivity index (χ1) is 10.1. The lowest BCUT2D eigenvalue weighted by Crippen LogP contribution is -2.41.